The van der Waals surface area contributed by atoms with Gasteiger partial charge in [0.25, 0.3) is 0 Å². The van der Waals surface area contributed by atoms with Gasteiger partial charge >= 0.3 is 12.8 Å². The Kier molecular flexibility index (Phi) is 8.93. The van der Waals surface area contributed by atoms with E-state index in [-0.39, 0.29) is 11.9 Å². The molecule has 8 nitrogen and oxygen atoms in total. The average Bonchev–Trinajstić information content (AvgIpc) is 2.82. The summed E-state index contributed by atoms with van der Waals surface area (Å²) in [6.45, 7) is 0.332. The van der Waals surface area contributed by atoms with Gasteiger partial charge in [0, 0.05) is 24.5 Å². The Hall–Kier alpha value is -3.75. The second-order valence-corrected chi connectivity index (χ2v) is 7.28. The van der Waals surface area contributed by atoms with Crippen molar-refractivity contribution >= 4 is 17.8 Å². The van der Waals surface area contributed by atoms with Crippen LogP contribution in [0.25, 0.3) is 11.1 Å². The fraction of sp³-hybridized carbons (Fsp3) is 0.304. The standard InChI is InChI=1S/C22H23F2N5O.CO2/c23-21(24)30-20-8-4-16(5-9-20)17-12-26-22(27-13-17)28-18-6-7-19(25-14-18)15-29-10-2-1-3-11-29;2-1-3/h4-9,12-14,21H,1-3,10-11,15H2,(H,26,27,28);. The van der Waals surface area contributed by atoms with Crippen molar-refractivity contribution in [2.24, 2.45) is 0 Å². The van der Waals surface area contributed by atoms with E-state index in [1.165, 1.54) is 31.4 Å². The van der Waals surface area contributed by atoms with Gasteiger partial charge in [-0.05, 0) is 55.8 Å². The molecule has 0 radical (unpaired) electrons. The molecule has 0 aliphatic carbocycles. The van der Waals surface area contributed by atoms with Crippen LogP contribution in [0.2, 0.25) is 0 Å². The van der Waals surface area contributed by atoms with Crippen molar-refractivity contribution in [3.05, 3.63) is 60.7 Å². The monoisotopic (exact) mass is 455 g/mol. The number of alkyl halides is 2. The molecule has 0 atom stereocenters. The molecule has 33 heavy (non-hydrogen) atoms. The normalized spacial score (nSPS) is 13.5. The molecule has 3 aromatic rings. The second-order valence-electron chi connectivity index (χ2n) is 7.28. The second kappa shape index (κ2) is 12.3. The highest BCUT2D eigenvalue weighted by Crippen LogP contribution is 2.23. The zero-order valence-electron chi connectivity index (χ0n) is 17.8. The largest absolute Gasteiger partial charge is 0.435 e. The smallest absolute Gasteiger partial charge is 0.387 e. The molecule has 172 valence electrons. The number of carbonyl (C=O) groups excluding carboxylic acids is 2. The SMILES string of the molecule is FC(F)Oc1ccc(-c2cnc(Nc3ccc(CN4CCCCC4)nc3)nc2)cc1.O=C=O. The molecule has 10 heteroatoms. The third-order valence-corrected chi connectivity index (χ3v) is 4.98. The van der Waals surface area contributed by atoms with Crippen LogP contribution in [-0.2, 0) is 16.1 Å². The summed E-state index contributed by atoms with van der Waals surface area (Å²) in [4.78, 5) is 31.9. The summed E-state index contributed by atoms with van der Waals surface area (Å²) in [7, 11) is 0. The molecule has 0 amide bonds. The fourth-order valence-electron chi connectivity index (χ4n) is 3.44. The van der Waals surface area contributed by atoms with Gasteiger partial charge in [0.1, 0.15) is 5.75 Å². The Morgan fingerprint density at radius 3 is 2.15 bits per heavy atom. The van der Waals surface area contributed by atoms with Crippen molar-refractivity contribution in [3.63, 3.8) is 0 Å². The lowest BCUT2D eigenvalue weighted by Crippen LogP contribution is -2.29. The number of hydrogen-bond acceptors (Lipinski definition) is 8. The van der Waals surface area contributed by atoms with Crippen LogP contribution in [0, 0.1) is 0 Å². The first-order chi connectivity index (χ1) is 16.1. The van der Waals surface area contributed by atoms with E-state index in [0.717, 1.165) is 42.1 Å². The zero-order chi connectivity index (χ0) is 23.5. The van der Waals surface area contributed by atoms with E-state index in [4.69, 9.17) is 9.59 Å². The van der Waals surface area contributed by atoms with E-state index >= 15 is 0 Å². The van der Waals surface area contributed by atoms with Crippen molar-refractivity contribution in [3.8, 4) is 16.9 Å². The molecule has 4 rings (SSSR count). The molecule has 0 bridgehead atoms. The maximum absolute atomic E-state index is 12.2. The van der Waals surface area contributed by atoms with E-state index in [2.05, 4.69) is 29.9 Å². The highest BCUT2D eigenvalue weighted by Gasteiger charge is 2.11. The molecule has 1 N–H and O–H groups in total. The lowest BCUT2D eigenvalue weighted by atomic mass is 10.1. The van der Waals surface area contributed by atoms with E-state index in [0.29, 0.717) is 5.95 Å². The van der Waals surface area contributed by atoms with Gasteiger partial charge in [0.2, 0.25) is 5.95 Å². The minimum absolute atomic E-state index is 0.115. The third-order valence-electron chi connectivity index (χ3n) is 4.98. The number of anilines is 2. The Labute approximate surface area is 189 Å². The van der Waals surface area contributed by atoms with Crippen molar-refractivity contribution in [2.75, 3.05) is 18.4 Å². The number of halogens is 2. The number of likely N-dealkylation sites (tertiary alicyclic amines) is 1. The molecule has 1 saturated heterocycles. The molecular weight excluding hydrogens is 432 g/mol. The van der Waals surface area contributed by atoms with Crippen LogP contribution in [0.15, 0.2) is 55.0 Å². The Bertz CT molecular complexity index is 1020. The lowest BCUT2D eigenvalue weighted by Gasteiger charge is -2.25. The van der Waals surface area contributed by atoms with Crippen molar-refractivity contribution in [1.82, 2.24) is 19.9 Å². The van der Waals surface area contributed by atoms with Crippen LogP contribution >= 0.6 is 0 Å². The summed E-state index contributed by atoms with van der Waals surface area (Å²) < 4.78 is 28.8. The van der Waals surface area contributed by atoms with Crippen molar-refractivity contribution in [1.29, 1.82) is 0 Å². The highest BCUT2D eigenvalue weighted by atomic mass is 19.3. The predicted molar refractivity (Wildman–Crippen MR) is 116 cm³/mol. The summed E-state index contributed by atoms with van der Waals surface area (Å²) in [5.41, 5.74) is 3.46. The minimum atomic E-state index is -2.84. The van der Waals surface area contributed by atoms with Gasteiger partial charge in [-0.15, -0.1) is 0 Å². The molecule has 0 saturated carbocycles. The lowest BCUT2D eigenvalue weighted by molar-refractivity contribution is -0.191. The maximum atomic E-state index is 12.2. The quantitative estimate of drug-likeness (QED) is 0.564. The number of aromatic nitrogens is 3. The summed E-state index contributed by atoms with van der Waals surface area (Å²) in [5.74, 6) is 0.575. The molecule has 0 unspecified atom stereocenters. The van der Waals surface area contributed by atoms with Gasteiger partial charge < -0.3 is 10.1 Å². The van der Waals surface area contributed by atoms with Crippen LogP contribution in [0.5, 0.6) is 5.75 Å². The number of hydrogen-bond donors (Lipinski definition) is 1. The molecule has 1 fully saturated rings. The van der Waals surface area contributed by atoms with Crippen LogP contribution in [-0.4, -0.2) is 45.7 Å². The van der Waals surface area contributed by atoms with E-state index < -0.39 is 6.61 Å². The molecular formula is C23H23F2N5O3. The van der Waals surface area contributed by atoms with Gasteiger partial charge in [0.05, 0.1) is 17.6 Å². The number of rotatable bonds is 7. The summed E-state index contributed by atoms with van der Waals surface area (Å²) in [6.07, 6.45) is 9.25. The number of ether oxygens (including phenoxy) is 1. The summed E-state index contributed by atoms with van der Waals surface area (Å²) in [6, 6.07) is 10.4. The molecule has 3 heterocycles. The van der Waals surface area contributed by atoms with Crippen molar-refractivity contribution < 1.29 is 23.1 Å². The van der Waals surface area contributed by atoms with Gasteiger partial charge in [-0.2, -0.15) is 18.4 Å². The summed E-state index contributed by atoms with van der Waals surface area (Å²) >= 11 is 0. The number of piperidine rings is 1. The first-order valence-corrected chi connectivity index (χ1v) is 10.4. The van der Waals surface area contributed by atoms with E-state index in [1.807, 2.05) is 12.1 Å². The van der Waals surface area contributed by atoms with Crippen LogP contribution in [0.4, 0.5) is 20.4 Å². The Balaban J connectivity index is 0.000000968. The number of benzene rings is 1. The first kappa shape index (κ1) is 23.9. The minimum Gasteiger partial charge on any atom is -0.435 e. The van der Waals surface area contributed by atoms with Crippen molar-refractivity contribution in [2.45, 2.75) is 32.4 Å². The molecule has 1 aromatic carbocycles. The predicted octanol–water partition coefficient (Wildman–Crippen LogP) is 4.29. The zero-order valence-corrected chi connectivity index (χ0v) is 17.8. The van der Waals surface area contributed by atoms with Crippen LogP contribution in [0.3, 0.4) is 0 Å². The molecule has 1 aliphatic heterocycles. The van der Waals surface area contributed by atoms with Gasteiger partial charge in [-0.1, -0.05) is 18.6 Å². The average molecular weight is 455 g/mol. The van der Waals surface area contributed by atoms with Crippen LogP contribution < -0.4 is 10.1 Å². The fourth-order valence-corrected chi connectivity index (χ4v) is 3.44. The third kappa shape index (κ3) is 7.71. The molecule has 1 aliphatic rings. The van der Waals surface area contributed by atoms with Gasteiger partial charge in [0.15, 0.2) is 0 Å². The van der Waals surface area contributed by atoms with Gasteiger partial charge in [-0.3, -0.25) is 9.88 Å². The maximum Gasteiger partial charge on any atom is 0.387 e. The number of nitrogens with one attached hydrogen (secondary N) is 1. The van der Waals surface area contributed by atoms with E-state index in [9.17, 15) is 8.78 Å². The summed E-state index contributed by atoms with van der Waals surface area (Å²) in [5, 5.41) is 3.14. The Morgan fingerprint density at radius 2 is 1.58 bits per heavy atom. The molecule has 2 aromatic heterocycles. The van der Waals surface area contributed by atoms with Crippen LogP contribution in [0.1, 0.15) is 25.0 Å². The Morgan fingerprint density at radius 1 is 0.909 bits per heavy atom. The topological polar surface area (TPSA) is 97.3 Å². The highest BCUT2D eigenvalue weighted by molar-refractivity contribution is 5.63. The van der Waals surface area contributed by atoms with E-state index in [1.54, 1.807) is 30.7 Å². The first-order valence-electron chi connectivity index (χ1n) is 10.4. The van der Waals surface area contributed by atoms with Gasteiger partial charge in [-0.25, -0.2) is 9.97 Å². The molecule has 0 spiro atoms. The number of nitrogens with zero attached hydrogens (tertiary/aromatic N) is 4. The number of pyridine rings is 1.